The molecule has 0 bridgehead atoms. The lowest BCUT2D eigenvalue weighted by Gasteiger charge is -2.06. The molecule has 0 aliphatic carbocycles. The maximum absolute atomic E-state index is 11.4. The molecule has 5 nitrogen and oxygen atoms in total. The predicted molar refractivity (Wildman–Crippen MR) is 72.2 cm³/mol. The van der Waals surface area contributed by atoms with Gasteiger partial charge >= 0.3 is 5.97 Å². The number of nitrogens with one attached hydrogen (secondary N) is 1. The van der Waals surface area contributed by atoms with Crippen LogP contribution in [0.3, 0.4) is 0 Å². The minimum Gasteiger partial charge on any atom is -0.490 e. The van der Waals surface area contributed by atoms with Crippen molar-refractivity contribution in [3.8, 4) is 5.75 Å². The average molecular weight is 278 g/mol. The third-order valence-corrected chi connectivity index (χ3v) is 3.03. The first-order valence-corrected chi connectivity index (χ1v) is 6.79. The Bertz CT molecular complexity index is 488. The van der Waals surface area contributed by atoms with Crippen molar-refractivity contribution in [3.05, 3.63) is 42.7 Å². The van der Waals surface area contributed by atoms with Crippen molar-refractivity contribution in [2.75, 3.05) is 19.0 Å². The van der Waals surface area contributed by atoms with E-state index < -0.39 is 0 Å². The van der Waals surface area contributed by atoms with Gasteiger partial charge in [0.2, 0.25) is 0 Å². The number of aromatic nitrogens is 2. The van der Waals surface area contributed by atoms with Crippen LogP contribution < -0.4 is 4.74 Å². The summed E-state index contributed by atoms with van der Waals surface area (Å²) in [5.41, 5.74) is 0. The number of ether oxygens (including phenoxy) is 2. The minimum atomic E-state index is -0.280. The molecule has 0 atom stereocenters. The number of nitrogens with zero attached hydrogens (tertiary/aromatic N) is 1. The topological polar surface area (TPSA) is 64.2 Å². The van der Waals surface area contributed by atoms with Gasteiger partial charge in [-0.25, -0.2) is 4.98 Å². The molecule has 0 radical (unpaired) electrons. The van der Waals surface area contributed by atoms with Gasteiger partial charge in [-0.15, -0.1) is 0 Å². The fourth-order valence-electron chi connectivity index (χ4n) is 1.33. The summed E-state index contributed by atoms with van der Waals surface area (Å²) < 4.78 is 10.4. The first kappa shape index (κ1) is 13.5. The number of carbonyl (C=O) groups is 1. The summed E-state index contributed by atoms with van der Waals surface area (Å²) in [5.74, 6) is 0.723. The fourth-order valence-corrected chi connectivity index (χ4v) is 1.96. The number of benzene rings is 1. The molecule has 1 N–H and O–H groups in total. The molecule has 19 heavy (non-hydrogen) atoms. The smallest absolute Gasteiger partial charge is 0.316 e. The van der Waals surface area contributed by atoms with Crippen LogP contribution in [-0.4, -0.2) is 34.9 Å². The number of carbonyl (C=O) groups excluding carboxylic acids is 1. The van der Waals surface area contributed by atoms with E-state index >= 15 is 0 Å². The minimum absolute atomic E-state index is 0.235. The Kier molecular flexibility index (Phi) is 5.31. The van der Waals surface area contributed by atoms with Crippen molar-refractivity contribution in [1.82, 2.24) is 9.97 Å². The highest BCUT2D eigenvalue weighted by Gasteiger charge is 2.05. The number of esters is 1. The van der Waals surface area contributed by atoms with Gasteiger partial charge < -0.3 is 14.5 Å². The van der Waals surface area contributed by atoms with Crippen molar-refractivity contribution >= 4 is 17.7 Å². The van der Waals surface area contributed by atoms with Gasteiger partial charge in [0, 0.05) is 12.4 Å². The Hall–Kier alpha value is -1.95. The molecule has 0 fully saturated rings. The number of aromatic amines is 1. The molecule has 2 rings (SSSR count). The summed E-state index contributed by atoms with van der Waals surface area (Å²) in [5, 5.41) is 0.706. The summed E-state index contributed by atoms with van der Waals surface area (Å²) in [4.78, 5) is 18.3. The normalized spacial score (nSPS) is 10.1. The highest BCUT2D eigenvalue weighted by molar-refractivity contribution is 7.99. The lowest BCUT2D eigenvalue weighted by molar-refractivity contribution is -0.141. The first-order valence-electron chi connectivity index (χ1n) is 5.80. The second-order valence-electron chi connectivity index (χ2n) is 3.56. The van der Waals surface area contributed by atoms with Crippen molar-refractivity contribution in [2.45, 2.75) is 5.16 Å². The molecule has 100 valence electrons. The van der Waals surface area contributed by atoms with Crippen LogP contribution >= 0.6 is 11.8 Å². The van der Waals surface area contributed by atoms with E-state index in [1.165, 1.54) is 11.8 Å². The monoisotopic (exact) mass is 278 g/mol. The molecule has 0 amide bonds. The van der Waals surface area contributed by atoms with Crippen molar-refractivity contribution < 1.29 is 14.3 Å². The molecule has 6 heteroatoms. The maximum atomic E-state index is 11.4. The number of hydrogen-bond acceptors (Lipinski definition) is 5. The molecule has 2 aromatic rings. The molecule has 0 aliphatic heterocycles. The van der Waals surface area contributed by atoms with E-state index in [0.29, 0.717) is 11.8 Å². The van der Waals surface area contributed by atoms with Crippen LogP contribution in [0.1, 0.15) is 0 Å². The molecular formula is C13H14N2O3S. The molecule has 0 saturated carbocycles. The summed E-state index contributed by atoms with van der Waals surface area (Å²) in [6.45, 7) is 0.591. The van der Waals surface area contributed by atoms with Crippen LogP contribution in [-0.2, 0) is 9.53 Å². The fraction of sp³-hybridized carbons (Fsp3) is 0.231. The summed E-state index contributed by atoms with van der Waals surface area (Å²) >= 11 is 1.31. The zero-order valence-corrected chi connectivity index (χ0v) is 11.1. The molecule has 0 spiro atoms. The number of para-hydroxylation sites is 1. The SMILES string of the molecule is O=C(CSc1ncc[nH]1)OCCOc1ccccc1. The van der Waals surface area contributed by atoms with Gasteiger partial charge in [0.1, 0.15) is 19.0 Å². The quantitative estimate of drug-likeness (QED) is 0.477. The number of hydrogen-bond donors (Lipinski definition) is 1. The van der Waals surface area contributed by atoms with Crippen LogP contribution in [0.5, 0.6) is 5.75 Å². The van der Waals surface area contributed by atoms with Gasteiger partial charge in [0.05, 0.1) is 5.75 Å². The van der Waals surface area contributed by atoms with Gasteiger partial charge in [0.25, 0.3) is 0 Å². The lowest BCUT2D eigenvalue weighted by Crippen LogP contribution is -2.13. The van der Waals surface area contributed by atoms with E-state index in [1.54, 1.807) is 12.4 Å². The number of H-pyrrole nitrogens is 1. The first-order chi connectivity index (χ1) is 9.34. The van der Waals surface area contributed by atoms with Crippen molar-refractivity contribution in [1.29, 1.82) is 0 Å². The third kappa shape index (κ3) is 5.05. The molecule has 0 unspecified atom stereocenters. The Morgan fingerprint density at radius 3 is 2.84 bits per heavy atom. The van der Waals surface area contributed by atoms with Gasteiger partial charge in [0.15, 0.2) is 5.16 Å². The lowest BCUT2D eigenvalue weighted by atomic mass is 10.3. The van der Waals surface area contributed by atoms with E-state index in [-0.39, 0.29) is 18.3 Å². The molecule has 1 aromatic heterocycles. The Balaban J connectivity index is 1.57. The zero-order valence-electron chi connectivity index (χ0n) is 10.2. The molecule has 0 aliphatic rings. The van der Waals surface area contributed by atoms with Crippen LogP contribution in [0, 0.1) is 0 Å². The van der Waals surface area contributed by atoms with E-state index in [4.69, 9.17) is 9.47 Å². The number of rotatable bonds is 7. The van der Waals surface area contributed by atoms with Crippen LogP contribution in [0.25, 0.3) is 0 Å². The Labute approximate surface area is 115 Å². The highest BCUT2D eigenvalue weighted by atomic mass is 32.2. The van der Waals surface area contributed by atoms with Gasteiger partial charge in [-0.1, -0.05) is 30.0 Å². The predicted octanol–water partition coefficient (Wildman–Crippen LogP) is 2.12. The largest absolute Gasteiger partial charge is 0.490 e. The van der Waals surface area contributed by atoms with Gasteiger partial charge in [-0.2, -0.15) is 0 Å². The van der Waals surface area contributed by atoms with Crippen molar-refractivity contribution in [2.24, 2.45) is 0 Å². The highest BCUT2D eigenvalue weighted by Crippen LogP contribution is 2.11. The zero-order chi connectivity index (χ0) is 13.3. The summed E-state index contributed by atoms with van der Waals surface area (Å²) in [7, 11) is 0. The average Bonchev–Trinajstić information content (AvgIpc) is 2.96. The standard InChI is InChI=1S/C13H14N2O3S/c16-12(10-19-13-14-6-7-15-13)18-9-8-17-11-4-2-1-3-5-11/h1-7H,8-10H2,(H,14,15). The number of imidazole rings is 1. The molecular weight excluding hydrogens is 264 g/mol. The molecule has 1 heterocycles. The van der Waals surface area contributed by atoms with Crippen LogP contribution in [0.15, 0.2) is 47.9 Å². The van der Waals surface area contributed by atoms with Crippen LogP contribution in [0.4, 0.5) is 0 Å². The van der Waals surface area contributed by atoms with Crippen LogP contribution in [0.2, 0.25) is 0 Å². The summed E-state index contributed by atoms with van der Waals surface area (Å²) in [6.07, 6.45) is 3.35. The molecule has 1 aromatic carbocycles. The maximum Gasteiger partial charge on any atom is 0.316 e. The van der Waals surface area contributed by atoms with E-state index in [9.17, 15) is 4.79 Å². The summed E-state index contributed by atoms with van der Waals surface area (Å²) in [6, 6.07) is 9.41. The number of thioether (sulfide) groups is 1. The second-order valence-corrected chi connectivity index (χ2v) is 4.53. The van der Waals surface area contributed by atoms with Gasteiger partial charge in [-0.05, 0) is 12.1 Å². The second kappa shape index (κ2) is 7.48. The Morgan fingerprint density at radius 1 is 1.26 bits per heavy atom. The Morgan fingerprint density at radius 2 is 2.11 bits per heavy atom. The van der Waals surface area contributed by atoms with E-state index in [2.05, 4.69) is 9.97 Å². The van der Waals surface area contributed by atoms with Gasteiger partial charge in [-0.3, -0.25) is 4.79 Å². The molecule has 0 saturated heterocycles. The van der Waals surface area contributed by atoms with E-state index in [1.807, 2.05) is 30.3 Å². The third-order valence-electron chi connectivity index (χ3n) is 2.16. The van der Waals surface area contributed by atoms with E-state index in [0.717, 1.165) is 5.75 Å². The van der Waals surface area contributed by atoms with Crippen molar-refractivity contribution in [3.63, 3.8) is 0 Å².